The molecule has 0 bridgehead atoms. The molecule has 1 aromatic carbocycles. The topological polar surface area (TPSA) is 92.4 Å². The molecule has 4 N–H and O–H groups in total. The highest BCUT2D eigenvalue weighted by atomic mass is 32.2. The van der Waals surface area contributed by atoms with Gasteiger partial charge in [-0.25, -0.2) is 17.5 Å². The van der Waals surface area contributed by atoms with Gasteiger partial charge in [0, 0.05) is 6.04 Å². The fourth-order valence-corrected chi connectivity index (χ4v) is 2.64. The maximum absolute atomic E-state index is 13.2. The SMILES string of the molecule is Cc1cc(S(=O)(=O)N[C@@H](C)CO)cc(N)c1F. The molecular formula is C10H15FN2O3S. The van der Waals surface area contributed by atoms with Gasteiger partial charge in [-0.2, -0.15) is 0 Å². The zero-order valence-corrected chi connectivity index (χ0v) is 10.4. The predicted molar refractivity (Wildman–Crippen MR) is 62.4 cm³/mol. The maximum atomic E-state index is 13.2. The van der Waals surface area contributed by atoms with E-state index in [0.29, 0.717) is 0 Å². The lowest BCUT2D eigenvalue weighted by atomic mass is 10.2. The van der Waals surface area contributed by atoms with Crippen LogP contribution in [0, 0.1) is 12.7 Å². The normalized spacial score (nSPS) is 13.6. The molecule has 1 atom stereocenters. The van der Waals surface area contributed by atoms with Crippen molar-refractivity contribution in [2.24, 2.45) is 0 Å². The summed E-state index contributed by atoms with van der Waals surface area (Å²) in [6, 6.07) is 1.62. The van der Waals surface area contributed by atoms with Gasteiger partial charge in [-0.3, -0.25) is 0 Å². The molecule has 0 amide bonds. The third-order valence-corrected chi connectivity index (χ3v) is 3.77. The fraction of sp³-hybridized carbons (Fsp3) is 0.400. The number of rotatable bonds is 4. The van der Waals surface area contributed by atoms with Crippen molar-refractivity contribution in [3.8, 4) is 0 Å². The third-order valence-electron chi connectivity index (χ3n) is 2.20. The van der Waals surface area contributed by atoms with E-state index >= 15 is 0 Å². The predicted octanol–water partition coefficient (Wildman–Crippen LogP) is 0.375. The first-order valence-corrected chi connectivity index (χ1v) is 6.45. The number of halogens is 1. The number of hydrogen-bond donors (Lipinski definition) is 3. The van der Waals surface area contributed by atoms with Gasteiger partial charge in [-0.05, 0) is 31.5 Å². The number of hydrogen-bond acceptors (Lipinski definition) is 4. The Hall–Kier alpha value is -1.18. The second kappa shape index (κ2) is 4.99. The molecule has 0 saturated carbocycles. The Balaban J connectivity index is 3.16. The van der Waals surface area contributed by atoms with Gasteiger partial charge in [0.05, 0.1) is 17.2 Å². The summed E-state index contributed by atoms with van der Waals surface area (Å²) < 4.78 is 39.1. The lowest BCUT2D eigenvalue weighted by molar-refractivity contribution is 0.265. The largest absolute Gasteiger partial charge is 0.396 e. The molecule has 96 valence electrons. The van der Waals surface area contributed by atoms with E-state index in [1.54, 1.807) is 0 Å². The summed E-state index contributed by atoms with van der Waals surface area (Å²) in [4.78, 5) is -0.116. The highest BCUT2D eigenvalue weighted by molar-refractivity contribution is 7.89. The van der Waals surface area contributed by atoms with Gasteiger partial charge in [0.25, 0.3) is 0 Å². The number of aryl methyl sites for hydroxylation is 1. The molecule has 0 aliphatic heterocycles. The van der Waals surface area contributed by atoms with Gasteiger partial charge in [-0.15, -0.1) is 0 Å². The Morgan fingerprint density at radius 1 is 1.53 bits per heavy atom. The van der Waals surface area contributed by atoms with Crippen molar-refractivity contribution in [1.82, 2.24) is 4.72 Å². The summed E-state index contributed by atoms with van der Waals surface area (Å²) in [6.45, 7) is 2.62. The molecular weight excluding hydrogens is 247 g/mol. The summed E-state index contributed by atoms with van der Waals surface area (Å²) in [5.74, 6) is -0.626. The molecule has 0 radical (unpaired) electrons. The highest BCUT2D eigenvalue weighted by Gasteiger charge is 2.19. The Morgan fingerprint density at radius 3 is 2.59 bits per heavy atom. The first kappa shape index (κ1) is 13.9. The first-order chi connectivity index (χ1) is 7.77. The van der Waals surface area contributed by atoms with Crippen LogP contribution in [0.4, 0.5) is 10.1 Å². The van der Waals surface area contributed by atoms with Crippen LogP contribution in [0.25, 0.3) is 0 Å². The molecule has 0 aromatic heterocycles. The van der Waals surface area contributed by atoms with Crippen LogP contribution in [0.3, 0.4) is 0 Å². The standard InChI is InChI=1S/C10H15FN2O3S/c1-6-3-8(4-9(12)10(6)11)17(15,16)13-7(2)5-14/h3-4,7,13-14H,5,12H2,1-2H3/t7-/m0/s1. The van der Waals surface area contributed by atoms with E-state index in [0.717, 1.165) is 6.07 Å². The Kier molecular flexibility index (Phi) is 4.07. The Bertz CT molecular complexity index is 493. The molecule has 1 aromatic rings. The average molecular weight is 262 g/mol. The van der Waals surface area contributed by atoms with E-state index in [2.05, 4.69) is 4.72 Å². The quantitative estimate of drug-likeness (QED) is 0.684. The second-order valence-corrected chi connectivity index (χ2v) is 5.56. The van der Waals surface area contributed by atoms with Crippen molar-refractivity contribution in [1.29, 1.82) is 0 Å². The van der Waals surface area contributed by atoms with Crippen molar-refractivity contribution in [3.05, 3.63) is 23.5 Å². The van der Waals surface area contributed by atoms with Gasteiger partial charge < -0.3 is 10.8 Å². The van der Waals surface area contributed by atoms with Crippen LogP contribution in [0.2, 0.25) is 0 Å². The third kappa shape index (κ3) is 3.15. The number of anilines is 1. The average Bonchev–Trinajstić information content (AvgIpc) is 2.24. The van der Waals surface area contributed by atoms with Gasteiger partial charge in [0.15, 0.2) is 0 Å². The van der Waals surface area contributed by atoms with Crippen LogP contribution >= 0.6 is 0 Å². The van der Waals surface area contributed by atoms with Gasteiger partial charge in [0.2, 0.25) is 10.0 Å². The van der Waals surface area contributed by atoms with Gasteiger partial charge in [0.1, 0.15) is 5.82 Å². The number of sulfonamides is 1. The molecule has 0 saturated heterocycles. The minimum atomic E-state index is -3.79. The number of nitrogens with one attached hydrogen (secondary N) is 1. The van der Waals surface area contributed by atoms with E-state index in [1.807, 2.05) is 0 Å². The fourth-order valence-electron chi connectivity index (χ4n) is 1.29. The lowest BCUT2D eigenvalue weighted by Crippen LogP contribution is -2.35. The highest BCUT2D eigenvalue weighted by Crippen LogP contribution is 2.20. The van der Waals surface area contributed by atoms with Crippen molar-refractivity contribution in [3.63, 3.8) is 0 Å². The van der Waals surface area contributed by atoms with Crippen molar-refractivity contribution in [2.45, 2.75) is 24.8 Å². The molecule has 17 heavy (non-hydrogen) atoms. The van der Waals surface area contributed by atoms with Crippen LogP contribution < -0.4 is 10.5 Å². The minimum Gasteiger partial charge on any atom is -0.396 e. The first-order valence-electron chi connectivity index (χ1n) is 4.96. The molecule has 0 spiro atoms. The van der Waals surface area contributed by atoms with E-state index in [9.17, 15) is 12.8 Å². The van der Waals surface area contributed by atoms with Crippen LogP contribution in [0.5, 0.6) is 0 Å². The van der Waals surface area contributed by atoms with E-state index in [4.69, 9.17) is 10.8 Å². The molecule has 0 heterocycles. The molecule has 7 heteroatoms. The molecule has 0 fully saturated rings. The van der Waals surface area contributed by atoms with Crippen LogP contribution in [0.1, 0.15) is 12.5 Å². The molecule has 0 aliphatic carbocycles. The lowest BCUT2D eigenvalue weighted by Gasteiger charge is -2.12. The second-order valence-electron chi connectivity index (χ2n) is 3.85. The Labute approximate surface area is 99.5 Å². The van der Waals surface area contributed by atoms with Crippen LogP contribution in [0.15, 0.2) is 17.0 Å². The van der Waals surface area contributed by atoms with Gasteiger partial charge >= 0.3 is 0 Å². The summed E-state index contributed by atoms with van der Waals surface area (Å²) in [5, 5.41) is 8.79. The molecule has 0 unspecified atom stereocenters. The number of nitrogens with two attached hydrogens (primary N) is 1. The Morgan fingerprint density at radius 2 is 2.12 bits per heavy atom. The van der Waals surface area contributed by atoms with Crippen LogP contribution in [-0.2, 0) is 10.0 Å². The minimum absolute atomic E-state index is 0.116. The number of nitrogen functional groups attached to an aromatic ring is 1. The molecule has 1 rings (SSSR count). The van der Waals surface area contributed by atoms with Crippen molar-refractivity contribution < 1.29 is 17.9 Å². The zero-order chi connectivity index (χ0) is 13.2. The summed E-state index contributed by atoms with van der Waals surface area (Å²) >= 11 is 0. The smallest absolute Gasteiger partial charge is 0.240 e. The van der Waals surface area contributed by atoms with E-state index in [1.165, 1.54) is 19.9 Å². The monoisotopic (exact) mass is 262 g/mol. The number of aliphatic hydroxyl groups is 1. The van der Waals surface area contributed by atoms with E-state index < -0.39 is 21.9 Å². The van der Waals surface area contributed by atoms with E-state index in [-0.39, 0.29) is 22.8 Å². The molecule has 0 aliphatic rings. The number of benzene rings is 1. The molecule has 5 nitrogen and oxygen atoms in total. The summed E-state index contributed by atoms with van der Waals surface area (Å²) in [6.07, 6.45) is 0. The zero-order valence-electron chi connectivity index (χ0n) is 9.57. The number of aliphatic hydroxyl groups excluding tert-OH is 1. The maximum Gasteiger partial charge on any atom is 0.240 e. The van der Waals surface area contributed by atoms with Crippen LogP contribution in [-0.4, -0.2) is 26.2 Å². The van der Waals surface area contributed by atoms with Crippen molar-refractivity contribution in [2.75, 3.05) is 12.3 Å². The van der Waals surface area contributed by atoms with Gasteiger partial charge in [-0.1, -0.05) is 0 Å². The van der Waals surface area contributed by atoms with Crippen molar-refractivity contribution >= 4 is 15.7 Å². The summed E-state index contributed by atoms with van der Waals surface area (Å²) in [5.41, 5.74) is 5.30. The summed E-state index contributed by atoms with van der Waals surface area (Å²) in [7, 11) is -3.79.